The van der Waals surface area contributed by atoms with Gasteiger partial charge in [0.2, 0.25) is 5.91 Å². The number of carbonyl (C=O) groups excluding carboxylic acids is 3. The summed E-state index contributed by atoms with van der Waals surface area (Å²) in [6, 6.07) is 3.29. The van der Waals surface area contributed by atoms with E-state index in [0.717, 1.165) is 12.8 Å². The molecule has 31 heavy (non-hydrogen) atoms. The molecule has 0 spiro atoms. The second-order valence-corrected chi connectivity index (χ2v) is 8.63. The molecule has 0 radical (unpaired) electrons. The first-order valence-electron chi connectivity index (χ1n) is 10.6. The summed E-state index contributed by atoms with van der Waals surface area (Å²) in [4.78, 5) is 40.4. The number of ether oxygens (including phenoxy) is 2. The molecule has 0 aliphatic carbocycles. The van der Waals surface area contributed by atoms with Crippen molar-refractivity contribution in [3.05, 3.63) is 29.1 Å². The number of imide groups is 1. The fraction of sp³-hybridized carbons (Fsp3) is 0.591. The molecule has 3 aliphatic heterocycles. The molecule has 1 unspecified atom stereocenters. The van der Waals surface area contributed by atoms with Gasteiger partial charge in [-0.1, -0.05) is 0 Å². The zero-order valence-corrected chi connectivity index (χ0v) is 18.1. The fourth-order valence-corrected chi connectivity index (χ4v) is 4.93. The largest absolute Gasteiger partial charge is 0.369 e. The highest BCUT2D eigenvalue weighted by Crippen LogP contribution is 2.38. The zero-order chi connectivity index (χ0) is 22.3. The Bertz CT molecular complexity index is 911. The van der Waals surface area contributed by atoms with Gasteiger partial charge >= 0.3 is 0 Å². The number of anilines is 1. The third-order valence-corrected chi connectivity index (χ3v) is 6.92. The lowest BCUT2D eigenvalue weighted by Crippen LogP contribution is -2.61. The Labute approximate surface area is 180 Å². The molecular formula is C22H28FN3O5. The van der Waals surface area contributed by atoms with Crippen LogP contribution >= 0.6 is 0 Å². The Balaban J connectivity index is 1.54. The van der Waals surface area contributed by atoms with Crippen LogP contribution in [0.2, 0.25) is 0 Å². The van der Waals surface area contributed by atoms with Crippen molar-refractivity contribution in [2.45, 2.75) is 51.0 Å². The van der Waals surface area contributed by atoms with E-state index in [-0.39, 0.29) is 49.0 Å². The molecule has 0 bridgehead atoms. The number of benzene rings is 1. The quantitative estimate of drug-likeness (QED) is 0.563. The Kier molecular flexibility index (Phi) is 5.74. The zero-order valence-electron chi connectivity index (χ0n) is 18.1. The summed E-state index contributed by atoms with van der Waals surface area (Å²) < 4.78 is 26.2. The van der Waals surface area contributed by atoms with E-state index in [2.05, 4.69) is 5.32 Å². The van der Waals surface area contributed by atoms with Crippen molar-refractivity contribution >= 4 is 23.4 Å². The number of halogens is 1. The molecular weight excluding hydrogens is 405 g/mol. The minimum absolute atomic E-state index is 0.0117. The Hall–Kier alpha value is -2.52. The van der Waals surface area contributed by atoms with Crippen molar-refractivity contribution in [3.63, 3.8) is 0 Å². The first-order valence-corrected chi connectivity index (χ1v) is 10.6. The SMILES string of the molecule is COC(OC)C1CCN(c2ccc3c(c2F)CN(C2(C)CCC(=O)NC2=O)C3=O)CC1. The monoisotopic (exact) mass is 433 g/mol. The minimum atomic E-state index is -1.18. The van der Waals surface area contributed by atoms with Crippen molar-refractivity contribution in [2.24, 2.45) is 5.92 Å². The Morgan fingerprint density at radius 3 is 2.45 bits per heavy atom. The standard InChI is InChI=1S/C22H28FN3O5/c1-22(9-6-17(27)24-21(22)29)26-12-15-14(19(26)28)4-5-16(18(15)23)25-10-7-13(8-11-25)20(30-2)31-3/h4-5,13,20H,6-12H2,1-3H3,(H,24,27,29). The fourth-order valence-electron chi connectivity index (χ4n) is 4.93. The predicted octanol–water partition coefficient (Wildman–Crippen LogP) is 1.81. The molecule has 3 aliphatic rings. The van der Waals surface area contributed by atoms with E-state index in [1.165, 1.54) is 4.90 Å². The van der Waals surface area contributed by atoms with Gasteiger partial charge in [-0.2, -0.15) is 0 Å². The highest BCUT2D eigenvalue weighted by molar-refractivity contribution is 6.07. The van der Waals surface area contributed by atoms with Crippen molar-refractivity contribution in [1.29, 1.82) is 0 Å². The van der Waals surface area contributed by atoms with Crippen LogP contribution in [-0.4, -0.2) is 61.8 Å². The van der Waals surface area contributed by atoms with Crippen LogP contribution in [-0.2, 0) is 25.6 Å². The van der Waals surface area contributed by atoms with E-state index < -0.39 is 17.3 Å². The molecule has 9 heteroatoms. The topological polar surface area (TPSA) is 88.2 Å². The third kappa shape index (κ3) is 3.59. The van der Waals surface area contributed by atoms with Crippen LogP contribution in [0.5, 0.6) is 0 Å². The molecule has 3 heterocycles. The molecule has 3 amide bonds. The number of piperidine rings is 2. The molecule has 4 rings (SSSR count). The molecule has 1 atom stereocenters. The molecule has 8 nitrogen and oxygen atoms in total. The minimum Gasteiger partial charge on any atom is -0.369 e. The van der Waals surface area contributed by atoms with E-state index in [1.54, 1.807) is 33.3 Å². The molecule has 1 aromatic rings. The van der Waals surface area contributed by atoms with Gasteiger partial charge in [-0.25, -0.2) is 4.39 Å². The number of methoxy groups -OCH3 is 2. The average Bonchev–Trinajstić information content (AvgIpc) is 3.11. The van der Waals surface area contributed by atoms with Crippen molar-refractivity contribution in [3.8, 4) is 0 Å². The summed E-state index contributed by atoms with van der Waals surface area (Å²) in [5.74, 6) is -1.42. The van der Waals surface area contributed by atoms with Crippen LogP contribution in [0.25, 0.3) is 0 Å². The van der Waals surface area contributed by atoms with Crippen molar-refractivity contribution in [1.82, 2.24) is 10.2 Å². The van der Waals surface area contributed by atoms with Gasteiger partial charge < -0.3 is 19.3 Å². The van der Waals surface area contributed by atoms with Gasteiger partial charge in [0, 0.05) is 50.8 Å². The van der Waals surface area contributed by atoms with Gasteiger partial charge in [0.15, 0.2) is 12.1 Å². The van der Waals surface area contributed by atoms with Crippen molar-refractivity contribution < 1.29 is 28.2 Å². The lowest BCUT2D eigenvalue weighted by Gasteiger charge is -2.39. The van der Waals surface area contributed by atoms with Gasteiger partial charge in [-0.15, -0.1) is 0 Å². The molecule has 1 N–H and O–H groups in total. The Morgan fingerprint density at radius 1 is 1.16 bits per heavy atom. The summed E-state index contributed by atoms with van der Waals surface area (Å²) in [7, 11) is 3.24. The van der Waals surface area contributed by atoms with Crippen molar-refractivity contribution in [2.75, 3.05) is 32.2 Å². The maximum absolute atomic E-state index is 15.5. The van der Waals surface area contributed by atoms with Gasteiger partial charge in [0.1, 0.15) is 5.54 Å². The van der Waals surface area contributed by atoms with Crippen LogP contribution in [0.3, 0.4) is 0 Å². The summed E-state index contributed by atoms with van der Waals surface area (Å²) in [6.07, 6.45) is 1.71. The van der Waals surface area contributed by atoms with Crippen LogP contribution in [0.4, 0.5) is 10.1 Å². The van der Waals surface area contributed by atoms with E-state index in [9.17, 15) is 14.4 Å². The number of nitrogens with zero attached hydrogens (tertiary/aromatic N) is 2. The van der Waals surface area contributed by atoms with Gasteiger partial charge in [-0.05, 0) is 38.3 Å². The normalized spacial score (nSPS) is 24.7. The highest BCUT2D eigenvalue weighted by atomic mass is 19.1. The maximum atomic E-state index is 15.5. The molecule has 0 aromatic heterocycles. The number of rotatable bonds is 5. The molecule has 2 saturated heterocycles. The lowest BCUT2D eigenvalue weighted by atomic mass is 9.89. The predicted molar refractivity (Wildman–Crippen MR) is 110 cm³/mol. The van der Waals surface area contributed by atoms with Crippen LogP contribution in [0.15, 0.2) is 12.1 Å². The summed E-state index contributed by atoms with van der Waals surface area (Å²) >= 11 is 0. The molecule has 0 saturated carbocycles. The average molecular weight is 433 g/mol. The van der Waals surface area contributed by atoms with Crippen LogP contribution < -0.4 is 10.2 Å². The van der Waals surface area contributed by atoms with E-state index >= 15 is 4.39 Å². The molecule has 2 fully saturated rings. The van der Waals surface area contributed by atoms with E-state index in [0.29, 0.717) is 24.3 Å². The highest BCUT2D eigenvalue weighted by Gasteiger charge is 2.49. The maximum Gasteiger partial charge on any atom is 0.255 e. The number of nitrogens with one attached hydrogen (secondary N) is 1. The summed E-state index contributed by atoms with van der Waals surface area (Å²) in [5, 5.41) is 2.30. The van der Waals surface area contributed by atoms with Crippen LogP contribution in [0, 0.1) is 11.7 Å². The van der Waals surface area contributed by atoms with E-state index in [1.807, 2.05) is 4.90 Å². The Morgan fingerprint density at radius 2 is 1.84 bits per heavy atom. The summed E-state index contributed by atoms with van der Waals surface area (Å²) in [5.41, 5.74) is -0.126. The number of amides is 3. The summed E-state index contributed by atoms with van der Waals surface area (Å²) in [6.45, 7) is 2.95. The first kappa shape index (κ1) is 21.7. The van der Waals surface area contributed by atoms with Gasteiger partial charge in [0.25, 0.3) is 11.8 Å². The molecule has 1 aromatic carbocycles. The van der Waals surface area contributed by atoms with E-state index in [4.69, 9.17) is 9.47 Å². The lowest BCUT2D eigenvalue weighted by molar-refractivity contribution is -0.142. The van der Waals surface area contributed by atoms with Gasteiger partial charge in [-0.3, -0.25) is 19.7 Å². The second kappa shape index (κ2) is 8.20. The molecule has 168 valence electrons. The third-order valence-electron chi connectivity index (χ3n) is 6.92. The van der Waals surface area contributed by atoms with Crippen LogP contribution in [0.1, 0.15) is 48.5 Å². The number of carbonyl (C=O) groups is 3. The van der Waals surface area contributed by atoms with Gasteiger partial charge in [0.05, 0.1) is 12.2 Å². The first-order chi connectivity index (χ1) is 14.8. The smallest absolute Gasteiger partial charge is 0.255 e. The number of hydrogen-bond acceptors (Lipinski definition) is 6. The second-order valence-electron chi connectivity index (χ2n) is 8.63. The number of hydrogen-bond donors (Lipinski definition) is 1. The number of fused-ring (bicyclic) bond motifs is 1.